The molecule has 0 aromatic heterocycles. The Morgan fingerprint density at radius 3 is 2.19 bits per heavy atom. The number of hydrogen-bond acceptors (Lipinski definition) is 1. The molecule has 0 aliphatic carbocycles. The Labute approximate surface area is 126 Å². The van der Waals surface area contributed by atoms with Gasteiger partial charge in [-0.15, -0.1) is 0 Å². The molecule has 21 heavy (non-hydrogen) atoms. The molecule has 0 fully saturated rings. The van der Waals surface area contributed by atoms with Crippen molar-refractivity contribution in [2.24, 2.45) is 0 Å². The minimum Gasteiger partial charge on any atom is -0.294 e. The molecule has 0 saturated carbocycles. The predicted molar refractivity (Wildman–Crippen MR) is 73.6 cm³/mol. The lowest BCUT2D eigenvalue weighted by atomic mass is 10.0. The van der Waals surface area contributed by atoms with Gasteiger partial charge in [-0.05, 0) is 35.9 Å². The average molecular weight is 361 g/mol. The van der Waals surface area contributed by atoms with Crippen LogP contribution < -0.4 is 0 Å². The summed E-state index contributed by atoms with van der Waals surface area (Å²) in [6.07, 6.45) is -4.52. The van der Waals surface area contributed by atoms with E-state index in [-0.39, 0.29) is 17.8 Å². The van der Waals surface area contributed by atoms with Gasteiger partial charge >= 0.3 is 6.18 Å². The van der Waals surface area contributed by atoms with Gasteiger partial charge in [0.05, 0.1) is 5.56 Å². The molecular formula is C15H9BrF4O. The van der Waals surface area contributed by atoms with Gasteiger partial charge in [0.15, 0.2) is 5.78 Å². The fourth-order valence-corrected chi connectivity index (χ4v) is 2.36. The summed E-state index contributed by atoms with van der Waals surface area (Å²) in [4.78, 5) is 12.0. The third-order valence-corrected chi connectivity index (χ3v) is 3.28. The molecule has 0 heterocycles. The lowest BCUT2D eigenvalue weighted by molar-refractivity contribution is -0.137. The minimum absolute atomic E-state index is 0.0816. The second-order valence-electron chi connectivity index (χ2n) is 4.45. The summed E-state index contributed by atoms with van der Waals surface area (Å²) in [6, 6.07) is 8.02. The van der Waals surface area contributed by atoms with Crippen LogP contribution in [-0.2, 0) is 12.6 Å². The number of carbonyl (C=O) groups excluding carboxylic acids is 1. The van der Waals surface area contributed by atoms with Gasteiger partial charge in [0.25, 0.3) is 0 Å². The Bertz CT molecular complexity index is 642. The van der Waals surface area contributed by atoms with E-state index >= 15 is 0 Å². The highest BCUT2D eigenvalue weighted by Crippen LogP contribution is 2.29. The van der Waals surface area contributed by atoms with Crippen molar-refractivity contribution in [3.8, 4) is 0 Å². The molecule has 2 aromatic carbocycles. The van der Waals surface area contributed by atoms with Crippen LogP contribution in [0.1, 0.15) is 21.5 Å². The zero-order valence-corrected chi connectivity index (χ0v) is 12.1. The number of halogens is 5. The van der Waals surface area contributed by atoms with Crippen molar-refractivity contribution in [2.75, 3.05) is 0 Å². The average Bonchev–Trinajstić information content (AvgIpc) is 2.36. The van der Waals surface area contributed by atoms with E-state index in [2.05, 4.69) is 15.9 Å². The second kappa shape index (κ2) is 5.97. The lowest BCUT2D eigenvalue weighted by Crippen LogP contribution is -2.07. The van der Waals surface area contributed by atoms with Crippen LogP contribution in [0.5, 0.6) is 0 Å². The van der Waals surface area contributed by atoms with Crippen molar-refractivity contribution in [1.29, 1.82) is 0 Å². The minimum atomic E-state index is -4.44. The fraction of sp³-hybridized carbons (Fsp3) is 0.133. The molecule has 0 N–H and O–H groups in total. The first-order chi connectivity index (χ1) is 9.75. The molecule has 0 radical (unpaired) electrons. The van der Waals surface area contributed by atoms with E-state index in [1.807, 2.05) is 0 Å². The summed E-state index contributed by atoms with van der Waals surface area (Å²) in [5.74, 6) is -0.860. The van der Waals surface area contributed by atoms with Crippen LogP contribution in [-0.4, -0.2) is 5.78 Å². The molecule has 1 nitrogen and oxygen atoms in total. The fourth-order valence-electron chi connectivity index (χ4n) is 1.85. The highest BCUT2D eigenvalue weighted by Gasteiger charge is 2.30. The van der Waals surface area contributed by atoms with E-state index in [4.69, 9.17) is 0 Å². The van der Waals surface area contributed by atoms with E-state index in [0.717, 1.165) is 24.3 Å². The standard InChI is InChI=1S/C15H9BrF4O/c16-12-5-9(6-13(17)8-12)7-14(21)10-1-3-11(4-2-10)15(18,19)20/h1-6,8H,7H2. The smallest absolute Gasteiger partial charge is 0.294 e. The molecule has 0 atom stereocenters. The van der Waals surface area contributed by atoms with Crippen molar-refractivity contribution in [2.45, 2.75) is 12.6 Å². The van der Waals surface area contributed by atoms with Gasteiger partial charge in [-0.2, -0.15) is 13.2 Å². The van der Waals surface area contributed by atoms with Crippen molar-refractivity contribution >= 4 is 21.7 Å². The Kier molecular flexibility index (Phi) is 4.46. The largest absolute Gasteiger partial charge is 0.416 e. The first-order valence-corrected chi connectivity index (χ1v) is 6.70. The molecule has 0 saturated heterocycles. The maximum atomic E-state index is 13.2. The monoisotopic (exact) mass is 360 g/mol. The number of Topliss-reactive ketones (excluding diaryl/α,β-unsaturated/α-hetero) is 1. The van der Waals surface area contributed by atoms with Gasteiger partial charge < -0.3 is 0 Å². The molecule has 6 heteroatoms. The predicted octanol–water partition coefficient (Wildman–Crippen LogP) is 5.03. The number of carbonyl (C=O) groups is 1. The van der Waals surface area contributed by atoms with Crippen LogP contribution in [0.25, 0.3) is 0 Å². The van der Waals surface area contributed by atoms with Crippen molar-refractivity contribution in [3.63, 3.8) is 0 Å². The summed E-state index contributed by atoms with van der Waals surface area (Å²) < 4.78 is 51.0. The molecule has 110 valence electrons. The van der Waals surface area contributed by atoms with Crippen LogP contribution in [0.4, 0.5) is 17.6 Å². The molecule has 0 unspecified atom stereocenters. The summed E-state index contributed by atoms with van der Waals surface area (Å²) in [5.41, 5.74) is -0.206. The maximum absolute atomic E-state index is 13.2. The topological polar surface area (TPSA) is 17.1 Å². The van der Waals surface area contributed by atoms with Crippen molar-refractivity contribution in [3.05, 3.63) is 69.4 Å². The summed E-state index contributed by atoms with van der Waals surface area (Å²) >= 11 is 3.11. The third kappa shape index (κ3) is 4.14. The molecule has 2 aromatic rings. The second-order valence-corrected chi connectivity index (χ2v) is 5.37. The van der Waals surface area contributed by atoms with Crippen LogP contribution in [0.3, 0.4) is 0 Å². The van der Waals surface area contributed by atoms with Crippen LogP contribution >= 0.6 is 15.9 Å². The third-order valence-electron chi connectivity index (χ3n) is 2.82. The normalized spacial score (nSPS) is 11.5. The summed E-state index contributed by atoms with van der Waals surface area (Å²) in [6.45, 7) is 0. The summed E-state index contributed by atoms with van der Waals surface area (Å²) in [5, 5.41) is 0. The van der Waals surface area contributed by atoms with Gasteiger partial charge in [0.1, 0.15) is 5.82 Å². The van der Waals surface area contributed by atoms with E-state index in [1.54, 1.807) is 6.07 Å². The first kappa shape index (κ1) is 15.7. The zero-order chi connectivity index (χ0) is 15.6. The first-order valence-electron chi connectivity index (χ1n) is 5.91. The Morgan fingerprint density at radius 2 is 1.67 bits per heavy atom. The van der Waals surface area contributed by atoms with Gasteiger partial charge in [-0.3, -0.25) is 4.79 Å². The quantitative estimate of drug-likeness (QED) is 0.554. The number of benzene rings is 2. The highest BCUT2D eigenvalue weighted by atomic mass is 79.9. The lowest BCUT2D eigenvalue weighted by Gasteiger charge is -2.07. The molecule has 0 spiro atoms. The van der Waals surface area contributed by atoms with Gasteiger partial charge in [-0.1, -0.05) is 28.1 Å². The number of hydrogen-bond donors (Lipinski definition) is 0. The van der Waals surface area contributed by atoms with E-state index in [9.17, 15) is 22.4 Å². The summed E-state index contributed by atoms with van der Waals surface area (Å²) in [7, 11) is 0. The van der Waals surface area contributed by atoms with E-state index < -0.39 is 17.6 Å². The van der Waals surface area contributed by atoms with Gasteiger partial charge in [0, 0.05) is 16.5 Å². The Hall–Kier alpha value is -1.69. The maximum Gasteiger partial charge on any atom is 0.416 e. The molecule has 0 aliphatic rings. The van der Waals surface area contributed by atoms with Gasteiger partial charge in [-0.25, -0.2) is 4.39 Å². The van der Waals surface area contributed by atoms with Gasteiger partial charge in [0.2, 0.25) is 0 Å². The van der Waals surface area contributed by atoms with Crippen LogP contribution in [0, 0.1) is 5.82 Å². The molecular weight excluding hydrogens is 352 g/mol. The Balaban J connectivity index is 2.17. The van der Waals surface area contributed by atoms with Crippen LogP contribution in [0.15, 0.2) is 46.9 Å². The molecule has 0 amide bonds. The number of alkyl halides is 3. The zero-order valence-electron chi connectivity index (χ0n) is 10.5. The van der Waals surface area contributed by atoms with E-state index in [1.165, 1.54) is 12.1 Å². The van der Waals surface area contributed by atoms with Crippen molar-refractivity contribution < 1.29 is 22.4 Å². The van der Waals surface area contributed by atoms with Crippen molar-refractivity contribution in [1.82, 2.24) is 0 Å². The molecule has 2 rings (SSSR count). The van der Waals surface area contributed by atoms with Crippen LogP contribution in [0.2, 0.25) is 0 Å². The molecule has 0 aliphatic heterocycles. The highest BCUT2D eigenvalue weighted by molar-refractivity contribution is 9.10. The molecule has 0 bridgehead atoms. The SMILES string of the molecule is O=C(Cc1cc(F)cc(Br)c1)c1ccc(C(F)(F)F)cc1. The number of ketones is 1. The van der Waals surface area contributed by atoms with E-state index in [0.29, 0.717) is 10.0 Å². The Morgan fingerprint density at radius 1 is 1.05 bits per heavy atom. The number of rotatable bonds is 3.